The van der Waals surface area contributed by atoms with Crippen molar-refractivity contribution in [2.75, 3.05) is 6.54 Å². The van der Waals surface area contributed by atoms with Crippen LogP contribution in [0.1, 0.15) is 57.1 Å². The van der Waals surface area contributed by atoms with Crippen LogP contribution in [-0.2, 0) is 10.2 Å². The molecule has 2 bridgehead atoms. The van der Waals surface area contributed by atoms with Gasteiger partial charge in [0.2, 0.25) is 5.91 Å². The molecule has 0 saturated carbocycles. The summed E-state index contributed by atoms with van der Waals surface area (Å²) in [5.41, 5.74) is 2.53. The van der Waals surface area contributed by atoms with Crippen LogP contribution in [0.5, 0.6) is 0 Å². The lowest BCUT2D eigenvalue weighted by atomic mass is 9.83. The summed E-state index contributed by atoms with van der Waals surface area (Å²) in [5.74, 6) is 0.785. The van der Waals surface area contributed by atoms with Crippen LogP contribution in [0.4, 0.5) is 0 Å². The summed E-state index contributed by atoms with van der Waals surface area (Å²) in [7, 11) is 0. The van der Waals surface area contributed by atoms with Crippen molar-refractivity contribution in [2.45, 2.75) is 70.4 Å². The molecule has 2 aliphatic heterocycles. The first-order valence-electron chi connectivity index (χ1n) is 9.02. The topological polar surface area (TPSA) is 41.1 Å². The Morgan fingerprint density at radius 2 is 1.92 bits per heavy atom. The van der Waals surface area contributed by atoms with E-state index < -0.39 is 0 Å². The molecule has 2 saturated heterocycles. The van der Waals surface area contributed by atoms with E-state index in [1.807, 2.05) is 0 Å². The molecule has 1 aromatic carbocycles. The van der Waals surface area contributed by atoms with Gasteiger partial charge in [0.1, 0.15) is 0 Å². The molecular formula is C20H31ClN2O. The normalized spacial score (nSPS) is 25.9. The number of nitrogens with one attached hydrogen (secondary N) is 2. The van der Waals surface area contributed by atoms with E-state index in [4.69, 9.17) is 0 Å². The van der Waals surface area contributed by atoms with Crippen LogP contribution in [0.15, 0.2) is 24.3 Å². The Labute approximate surface area is 152 Å². The molecule has 0 aromatic heterocycles. The minimum absolute atomic E-state index is 0. The number of fused-ring (bicyclic) bond motifs is 2. The van der Waals surface area contributed by atoms with E-state index in [9.17, 15) is 4.79 Å². The maximum absolute atomic E-state index is 12.4. The highest BCUT2D eigenvalue weighted by Crippen LogP contribution is 2.32. The second-order valence-corrected chi connectivity index (χ2v) is 8.21. The third-order valence-electron chi connectivity index (χ3n) is 5.57. The number of hydrogen-bond acceptors (Lipinski definition) is 2. The minimum atomic E-state index is -0.0329. The quantitative estimate of drug-likeness (QED) is 0.849. The molecule has 0 spiro atoms. The van der Waals surface area contributed by atoms with E-state index in [0.29, 0.717) is 31.0 Å². The van der Waals surface area contributed by atoms with Crippen LogP contribution < -0.4 is 10.6 Å². The zero-order chi connectivity index (χ0) is 16.4. The number of aryl methyl sites for hydroxylation is 1. The molecule has 4 heteroatoms. The minimum Gasteiger partial charge on any atom is -0.355 e. The summed E-state index contributed by atoms with van der Waals surface area (Å²) in [5, 5.41) is 6.82. The van der Waals surface area contributed by atoms with Gasteiger partial charge in [-0.1, -0.05) is 43.7 Å². The molecule has 2 aliphatic rings. The van der Waals surface area contributed by atoms with E-state index in [0.717, 1.165) is 0 Å². The van der Waals surface area contributed by atoms with Crippen LogP contribution in [0.25, 0.3) is 0 Å². The van der Waals surface area contributed by atoms with E-state index in [2.05, 4.69) is 55.7 Å². The van der Waals surface area contributed by atoms with E-state index in [1.165, 1.54) is 36.8 Å². The lowest BCUT2D eigenvalue weighted by Crippen LogP contribution is -2.41. The summed E-state index contributed by atoms with van der Waals surface area (Å²) in [6.45, 7) is 7.22. The van der Waals surface area contributed by atoms with Gasteiger partial charge in [-0.05, 0) is 44.1 Å². The van der Waals surface area contributed by atoms with Gasteiger partial charge in [-0.15, -0.1) is 12.4 Å². The molecule has 2 atom stereocenters. The highest BCUT2D eigenvalue weighted by atomic mass is 35.5. The number of hydrogen-bond donors (Lipinski definition) is 2. The molecule has 3 nitrogen and oxygen atoms in total. The standard InChI is InChI=1S/C20H30N2O.ClH/c1-14-5-4-6-16(9-14)20(2,3)13-21-19(23)12-15-10-17-7-8-18(11-15)22-17;/h4-6,9,15,17-18,22H,7-8,10-13H2,1-3H3,(H,21,23);1H. The molecule has 2 fully saturated rings. The van der Waals surface area contributed by atoms with Crippen molar-refractivity contribution in [3.8, 4) is 0 Å². The van der Waals surface area contributed by atoms with E-state index in [-0.39, 0.29) is 23.7 Å². The Morgan fingerprint density at radius 1 is 1.25 bits per heavy atom. The summed E-state index contributed by atoms with van der Waals surface area (Å²) in [6, 6.07) is 9.91. The molecule has 2 heterocycles. The first-order chi connectivity index (χ1) is 10.9. The molecule has 1 aromatic rings. The van der Waals surface area contributed by atoms with Gasteiger partial charge in [0, 0.05) is 30.5 Å². The van der Waals surface area contributed by atoms with Crippen LogP contribution in [0, 0.1) is 12.8 Å². The number of carbonyl (C=O) groups is 1. The fraction of sp³-hybridized carbons (Fsp3) is 0.650. The second kappa shape index (κ2) is 7.88. The van der Waals surface area contributed by atoms with Crippen LogP contribution in [-0.4, -0.2) is 24.5 Å². The maximum Gasteiger partial charge on any atom is 0.220 e. The Hall–Kier alpha value is -1.06. The van der Waals surface area contributed by atoms with Gasteiger partial charge < -0.3 is 10.6 Å². The van der Waals surface area contributed by atoms with Crippen LogP contribution in [0.2, 0.25) is 0 Å². The number of amides is 1. The predicted octanol–water partition coefficient (Wildman–Crippen LogP) is 3.73. The fourth-order valence-corrected chi connectivity index (χ4v) is 4.16. The molecule has 1 amide bonds. The highest BCUT2D eigenvalue weighted by Gasteiger charge is 2.34. The van der Waals surface area contributed by atoms with Crippen molar-refractivity contribution < 1.29 is 4.79 Å². The van der Waals surface area contributed by atoms with Crippen molar-refractivity contribution in [1.29, 1.82) is 0 Å². The number of carbonyl (C=O) groups excluding carboxylic acids is 1. The lowest BCUT2D eigenvalue weighted by Gasteiger charge is -2.30. The largest absolute Gasteiger partial charge is 0.355 e. The number of rotatable bonds is 5. The van der Waals surface area contributed by atoms with E-state index >= 15 is 0 Å². The Kier molecular flexibility index (Phi) is 6.33. The van der Waals surface area contributed by atoms with Gasteiger partial charge >= 0.3 is 0 Å². The predicted molar refractivity (Wildman–Crippen MR) is 102 cm³/mol. The SMILES string of the molecule is Cc1cccc(C(C)(C)CNC(=O)CC2CC3CCC(C2)N3)c1.Cl. The van der Waals surface area contributed by atoms with Crippen LogP contribution in [0.3, 0.4) is 0 Å². The van der Waals surface area contributed by atoms with Crippen molar-refractivity contribution in [2.24, 2.45) is 5.92 Å². The Balaban J connectivity index is 0.00000208. The zero-order valence-electron chi connectivity index (χ0n) is 15.1. The van der Waals surface area contributed by atoms with Crippen molar-refractivity contribution in [3.63, 3.8) is 0 Å². The monoisotopic (exact) mass is 350 g/mol. The van der Waals surface area contributed by atoms with Gasteiger partial charge in [-0.2, -0.15) is 0 Å². The van der Waals surface area contributed by atoms with Crippen molar-refractivity contribution in [1.82, 2.24) is 10.6 Å². The molecule has 2 unspecified atom stereocenters. The summed E-state index contributed by atoms with van der Waals surface area (Å²) in [6.07, 6.45) is 5.63. The molecule has 2 N–H and O–H groups in total. The lowest BCUT2D eigenvalue weighted by molar-refractivity contribution is -0.122. The smallest absolute Gasteiger partial charge is 0.220 e. The first kappa shape index (κ1) is 19.3. The molecule has 24 heavy (non-hydrogen) atoms. The average molecular weight is 351 g/mol. The van der Waals surface area contributed by atoms with Gasteiger partial charge in [-0.3, -0.25) is 4.79 Å². The van der Waals surface area contributed by atoms with Gasteiger partial charge in [0.25, 0.3) is 0 Å². The first-order valence-corrected chi connectivity index (χ1v) is 9.02. The highest BCUT2D eigenvalue weighted by molar-refractivity contribution is 5.85. The average Bonchev–Trinajstić information content (AvgIpc) is 2.84. The Bertz CT molecular complexity index is 561. The van der Waals surface area contributed by atoms with Gasteiger partial charge in [-0.25, -0.2) is 0 Å². The molecule has 134 valence electrons. The summed E-state index contributed by atoms with van der Waals surface area (Å²) < 4.78 is 0. The zero-order valence-corrected chi connectivity index (χ0v) is 15.9. The molecule has 0 aliphatic carbocycles. The summed E-state index contributed by atoms with van der Waals surface area (Å²) >= 11 is 0. The number of benzene rings is 1. The molecular weight excluding hydrogens is 320 g/mol. The molecule has 0 radical (unpaired) electrons. The fourth-order valence-electron chi connectivity index (χ4n) is 4.16. The Morgan fingerprint density at radius 3 is 2.54 bits per heavy atom. The number of piperidine rings is 1. The molecule has 3 rings (SSSR count). The maximum atomic E-state index is 12.4. The van der Waals surface area contributed by atoms with Crippen molar-refractivity contribution in [3.05, 3.63) is 35.4 Å². The second-order valence-electron chi connectivity index (χ2n) is 8.21. The number of halogens is 1. The van der Waals surface area contributed by atoms with Gasteiger partial charge in [0.15, 0.2) is 0 Å². The van der Waals surface area contributed by atoms with E-state index in [1.54, 1.807) is 0 Å². The van der Waals surface area contributed by atoms with Crippen LogP contribution >= 0.6 is 12.4 Å². The third kappa shape index (κ3) is 4.73. The van der Waals surface area contributed by atoms with Crippen molar-refractivity contribution >= 4 is 18.3 Å². The summed E-state index contributed by atoms with van der Waals surface area (Å²) in [4.78, 5) is 12.4. The van der Waals surface area contributed by atoms with Gasteiger partial charge in [0.05, 0.1) is 0 Å². The third-order valence-corrected chi connectivity index (χ3v) is 5.57.